The molecule has 0 unspecified atom stereocenters. The molecule has 0 atom stereocenters. The summed E-state index contributed by atoms with van der Waals surface area (Å²) in [6.07, 6.45) is 1.95. The summed E-state index contributed by atoms with van der Waals surface area (Å²) in [5.41, 5.74) is 3.23. The van der Waals surface area contributed by atoms with Crippen LogP contribution >= 0.6 is 34.4 Å². The Morgan fingerprint density at radius 1 is 0.862 bits per heavy atom. The van der Waals surface area contributed by atoms with E-state index in [0.29, 0.717) is 18.0 Å². The minimum absolute atomic E-state index is 0.00390. The summed E-state index contributed by atoms with van der Waals surface area (Å²) >= 11 is 3.73. The fraction of sp³-hybridized carbons (Fsp3) is 0.0833. The van der Waals surface area contributed by atoms with Gasteiger partial charge in [-0.3, -0.25) is 14.7 Å². The number of hydrogen-bond acceptors (Lipinski definition) is 3. The molecule has 0 N–H and O–H groups in total. The zero-order valence-electron chi connectivity index (χ0n) is 15.7. The van der Waals surface area contributed by atoms with E-state index in [4.69, 9.17) is 4.99 Å². The molecule has 1 heterocycles. The van der Waals surface area contributed by atoms with Crippen molar-refractivity contribution in [1.29, 1.82) is 0 Å². The average molecular weight is 510 g/mol. The lowest BCUT2D eigenvalue weighted by Crippen LogP contribution is -2.28. The second-order valence-corrected chi connectivity index (χ2v) is 8.88. The molecule has 1 fully saturated rings. The molecule has 0 spiro atoms. The Hall–Kier alpha value is -2.38. The van der Waals surface area contributed by atoms with Gasteiger partial charge in [0.15, 0.2) is 5.17 Å². The Kier molecular flexibility index (Phi) is 6.46. The Balaban J connectivity index is 1.62. The summed E-state index contributed by atoms with van der Waals surface area (Å²) in [6, 6.07) is 28.3. The number of rotatable bonds is 5. The molecule has 29 heavy (non-hydrogen) atoms. The van der Waals surface area contributed by atoms with E-state index in [1.165, 1.54) is 15.3 Å². The number of carbonyl (C=O) groups is 1. The van der Waals surface area contributed by atoms with Crippen LogP contribution in [-0.4, -0.2) is 16.0 Å². The van der Waals surface area contributed by atoms with E-state index in [9.17, 15) is 4.79 Å². The molecule has 1 aliphatic rings. The second kappa shape index (κ2) is 9.41. The van der Waals surface area contributed by atoms with Gasteiger partial charge < -0.3 is 0 Å². The number of amides is 1. The van der Waals surface area contributed by atoms with Crippen molar-refractivity contribution in [3.05, 3.63) is 110 Å². The summed E-state index contributed by atoms with van der Waals surface area (Å²) in [7, 11) is 0. The first-order chi connectivity index (χ1) is 14.2. The Morgan fingerprint density at radius 2 is 1.48 bits per heavy atom. The van der Waals surface area contributed by atoms with E-state index in [1.54, 1.807) is 4.90 Å². The molecule has 0 saturated carbocycles. The van der Waals surface area contributed by atoms with Gasteiger partial charge in [0.25, 0.3) is 5.91 Å². The SMILES string of the molecule is O=C1/C(=C/c2ccc(I)cc2)SC(=NCc2ccccc2)N1Cc1ccccc1. The molecule has 3 aromatic carbocycles. The predicted molar refractivity (Wildman–Crippen MR) is 129 cm³/mol. The number of aliphatic imine (C=N–C) groups is 1. The van der Waals surface area contributed by atoms with Gasteiger partial charge in [0, 0.05) is 3.57 Å². The molecule has 0 bridgehead atoms. The van der Waals surface area contributed by atoms with Crippen LogP contribution in [-0.2, 0) is 17.9 Å². The van der Waals surface area contributed by atoms with E-state index in [-0.39, 0.29) is 5.91 Å². The minimum Gasteiger partial charge on any atom is -0.282 e. The van der Waals surface area contributed by atoms with E-state index >= 15 is 0 Å². The monoisotopic (exact) mass is 510 g/mol. The molecule has 144 valence electrons. The fourth-order valence-electron chi connectivity index (χ4n) is 2.98. The lowest BCUT2D eigenvalue weighted by atomic mass is 10.2. The standard InChI is InChI=1S/C24H19IN2OS/c25-21-13-11-18(12-14-21)15-22-23(28)27(17-20-9-5-2-6-10-20)24(29-22)26-16-19-7-3-1-4-8-19/h1-15H,16-17H2/b22-15-,26-24?. The summed E-state index contributed by atoms with van der Waals surface area (Å²) in [5, 5.41) is 0.750. The first-order valence-electron chi connectivity index (χ1n) is 9.28. The number of benzene rings is 3. The molecule has 0 aliphatic carbocycles. The molecular formula is C24H19IN2OS. The highest BCUT2D eigenvalue weighted by molar-refractivity contribution is 14.1. The van der Waals surface area contributed by atoms with E-state index in [0.717, 1.165) is 21.9 Å². The molecule has 4 rings (SSSR count). The van der Waals surface area contributed by atoms with Gasteiger partial charge in [0.1, 0.15) is 0 Å². The third-order valence-electron chi connectivity index (χ3n) is 4.48. The van der Waals surface area contributed by atoms with Gasteiger partial charge >= 0.3 is 0 Å². The Labute approximate surface area is 188 Å². The van der Waals surface area contributed by atoms with Crippen LogP contribution in [0.5, 0.6) is 0 Å². The average Bonchev–Trinajstić information content (AvgIpc) is 3.04. The van der Waals surface area contributed by atoms with Crippen LogP contribution < -0.4 is 0 Å². The van der Waals surface area contributed by atoms with Gasteiger partial charge in [-0.2, -0.15) is 0 Å². The van der Waals surface area contributed by atoms with Crippen LogP contribution in [0.25, 0.3) is 6.08 Å². The molecule has 0 aromatic heterocycles. The van der Waals surface area contributed by atoms with Crippen molar-refractivity contribution in [3.63, 3.8) is 0 Å². The predicted octanol–water partition coefficient (Wildman–Crippen LogP) is 5.96. The third kappa shape index (κ3) is 5.16. The number of halogens is 1. The van der Waals surface area contributed by atoms with Crippen molar-refractivity contribution in [2.24, 2.45) is 4.99 Å². The number of carbonyl (C=O) groups excluding carboxylic acids is 1. The van der Waals surface area contributed by atoms with Gasteiger partial charge in [-0.1, -0.05) is 72.8 Å². The first kappa shape index (κ1) is 19.9. The van der Waals surface area contributed by atoms with Crippen molar-refractivity contribution in [1.82, 2.24) is 4.90 Å². The van der Waals surface area contributed by atoms with Crippen molar-refractivity contribution in [3.8, 4) is 0 Å². The number of amidine groups is 1. The molecule has 1 amide bonds. The van der Waals surface area contributed by atoms with Crippen molar-refractivity contribution >= 4 is 51.5 Å². The summed E-state index contributed by atoms with van der Waals surface area (Å²) < 4.78 is 1.17. The van der Waals surface area contributed by atoms with Crippen LogP contribution in [0.3, 0.4) is 0 Å². The van der Waals surface area contributed by atoms with Crippen molar-refractivity contribution in [2.75, 3.05) is 0 Å². The quantitative estimate of drug-likeness (QED) is 0.313. The molecule has 5 heteroatoms. The maximum Gasteiger partial charge on any atom is 0.267 e. The number of nitrogens with zero attached hydrogens (tertiary/aromatic N) is 2. The zero-order chi connectivity index (χ0) is 20.1. The molecular weight excluding hydrogens is 491 g/mol. The lowest BCUT2D eigenvalue weighted by molar-refractivity contribution is -0.122. The zero-order valence-corrected chi connectivity index (χ0v) is 18.6. The number of hydrogen-bond donors (Lipinski definition) is 0. The van der Waals surface area contributed by atoms with Gasteiger partial charge in [-0.15, -0.1) is 0 Å². The highest BCUT2D eigenvalue weighted by Gasteiger charge is 2.33. The molecule has 3 nitrogen and oxygen atoms in total. The molecule has 3 aromatic rings. The smallest absolute Gasteiger partial charge is 0.267 e. The van der Waals surface area contributed by atoms with Gasteiger partial charge in [-0.25, -0.2) is 0 Å². The largest absolute Gasteiger partial charge is 0.282 e. The highest BCUT2D eigenvalue weighted by atomic mass is 127. The van der Waals surface area contributed by atoms with Crippen molar-refractivity contribution < 1.29 is 4.79 Å². The van der Waals surface area contributed by atoms with Crippen LogP contribution in [0.15, 0.2) is 94.8 Å². The summed E-state index contributed by atoms with van der Waals surface area (Å²) in [5.74, 6) is 0.00390. The second-order valence-electron chi connectivity index (χ2n) is 6.62. The van der Waals surface area contributed by atoms with Crippen LogP contribution in [0.4, 0.5) is 0 Å². The third-order valence-corrected chi connectivity index (χ3v) is 6.24. The first-order valence-corrected chi connectivity index (χ1v) is 11.2. The van der Waals surface area contributed by atoms with Crippen LogP contribution in [0.2, 0.25) is 0 Å². The van der Waals surface area contributed by atoms with E-state index in [1.807, 2.05) is 78.9 Å². The topological polar surface area (TPSA) is 32.7 Å². The van der Waals surface area contributed by atoms with Crippen LogP contribution in [0, 0.1) is 3.57 Å². The van der Waals surface area contributed by atoms with Gasteiger partial charge in [0.05, 0.1) is 18.0 Å². The Morgan fingerprint density at radius 3 is 2.14 bits per heavy atom. The Bertz CT molecular complexity index is 1050. The van der Waals surface area contributed by atoms with Gasteiger partial charge in [0.2, 0.25) is 0 Å². The lowest BCUT2D eigenvalue weighted by Gasteiger charge is -2.15. The van der Waals surface area contributed by atoms with Crippen LogP contribution in [0.1, 0.15) is 16.7 Å². The molecule has 1 aliphatic heterocycles. The molecule has 0 radical (unpaired) electrons. The fourth-order valence-corrected chi connectivity index (χ4v) is 4.32. The van der Waals surface area contributed by atoms with E-state index < -0.39 is 0 Å². The van der Waals surface area contributed by atoms with E-state index in [2.05, 4.69) is 34.7 Å². The number of thioether (sulfide) groups is 1. The summed E-state index contributed by atoms with van der Waals surface area (Å²) in [4.78, 5) is 20.4. The normalized spacial score (nSPS) is 16.7. The molecule has 1 saturated heterocycles. The van der Waals surface area contributed by atoms with Crippen molar-refractivity contribution in [2.45, 2.75) is 13.1 Å². The summed E-state index contributed by atoms with van der Waals surface area (Å²) in [6.45, 7) is 1.07. The maximum atomic E-state index is 13.2. The van der Waals surface area contributed by atoms with Gasteiger partial charge in [-0.05, 0) is 69.3 Å². The minimum atomic E-state index is 0.00390. The maximum absolute atomic E-state index is 13.2. The highest BCUT2D eigenvalue weighted by Crippen LogP contribution is 2.34.